The molecule has 0 aromatic heterocycles. The Bertz CT molecular complexity index is 427. The van der Waals surface area contributed by atoms with Crippen molar-refractivity contribution in [1.82, 2.24) is 4.31 Å². The van der Waals surface area contributed by atoms with E-state index in [9.17, 15) is 16.8 Å². The standard InChI is InChI=1S/C8H17NO5S2/c1-8(14-2)6-9-7-15(10,11)4-3-5-16(9,12)13/h8H,3-7H2,1-2H3. The van der Waals surface area contributed by atoms with Crippen LogP contribution in [-0.2, 0) is 24.6 Å². The van der Waals surface area contributed by atoms with Gasteiger partial charge in [0.2, 0.25) is 10.0 Å². The summed E-state index contributed by atoms with van der Waals surface area (Å²) in [6, 6.07) is 0. The number of hydrogen-bond donors (Lipinski definition) is 0. The van der Waals surface area contributed by atoms with Gasteiger partial charge in [0.1, 0.15) is 5.88 Å². The topological polar surface area (TPSA) is 80.8 Å². The first-order valence-corrected chi connectivity index (χ1v) is 8.41. The van der Waals surface area contributed by atoms with Crippen molar-refractivity contribution in [3.8, 4) is 0 Å². The molecule has 0 spiro atoms. The summed E-state index contributed by atoms with van der Waals surface area (Å²) in [6.07, 6.45) is -0.147. The lowest BCUT2D eigenvalue weighted by Crippen LogP contribution is -2.39. The predicted octanol–water partition coefficient (Wildman–Crippen LogP) is -0.571. The summed E-state index contributed by atoms with van der Waals surface area (Å²) in [5, 5.41) is 0. The molecule has 0 N–H and O–H groups in total. The van der Waals surface area contributed by atoms with Crippen molar-refractivity contribution in [2.45, 2.75) is 19.4 Å². The lowest BCUT2D eigenvalue weighted by Gasteiger charge is -2.21. The molecule has 1 atom stereocenters. The molecule has 0 aliphatic carbocycles. The third kappa shape index (κ3) is 3.69. The first-order valence-electron chi connectivity index (χ1n) is 4.98. The molecule has 1 fully saturated rings. The second-order valence-electron chi connectivity index (χ2n) is 3.93. The summed E-state index contributed by atoms with van der Waals surface area (Å²) in [7, 11) is -5.30. The Kier molecular flexibility index (Phi) is 4.33. The SMILES string of the molecule is COC(C)CN1CS(=O)(=O)CCCS1(=O)=O. The molecule has 1 heterocycles. The summed E-state index contributed by atoms with van der Waals surface area (Å²) in [5.41, 5.74) is 0. The molecule has 16 heavy (non-hydrogen) atoms. The molecule has 0 amide bonds. The molecule has 1 rings (SSSR count). The molecular formula is C8H17NO5S2. The Labute approximate surface area is 96.5 Å². The Hall–Kier alpha value is -0.180. The van der Waals surface area contributed by atoms with Gasteiger partial charge in [-0.15, -0.1) is 0 Å². The lowest BCUT2D eigenvalue weighted by atomic mass is 10.4. The molecule has 6 nitrogen and oxygen atoms in total. The molecule has 1 unspecified atom stereocenters. The van der Waals surface area contributed by atoms with Crippen LogP contribution in [0.5, 0.6) is 0 Å². The Morgan fingerprint density at radius 3 is 2.44 bits per heavy atom. The normalized spacial score (nSPS) is 27.1. The molecule has 0 radical (unpaired) electrons. The van der Waals surface area contributed by atoms with Gasteiger partial charge in [-0.2, -0.15) is 4.31 Å². The van der Waals surface area contributed by atoms with Crippen LogP contribution in [0.2, 0.25) is 0 Å². The molecule has 1 aliphatic heterocycles. The Morgan fingerprint density at radius 2 is 1.88 bits per heavy atom. The Morgan fingerprint density at radius 1 is 1.25 bits per heavy atom. The minimum Gasteiger partial charge on any atom is -0.380 e. The summed E-state index contributed by atoms with van der Waals surface area (Å²) in [6.45, 7) is 1.78. The third-order valence-electron chi connectivity index (χ3n) is 2.45. The van der Waals surface area contributed by atoms with E-state index in [0.717, 1.165) is 4.31 Å². The van der Waals surface area contributed by atoms with Crippen LogP contribution in [0.3, 0.4) is 0 Å². The van der Waals surface area contributed by atoms with Gasteiger partial charge in [-0.05, 0) is 13.3 Å². The Balaban J connectivity index is 2.91. The summed E-state index contributed by atoms with van der Waals surface area (Å²) < 4.78 is 52.4. The molecular weight excluding hydrogens is 254 g/mol. The van der Waals surface area contributed by atoms with Gasteiger partial charge in [-0.3, -0.25) is 0 Å². The smallest absolute Gasteiger partial charge is 0.215 e. The second kappa shape index (κ2) is 4.99. The highest BCUT2D eigenvalue weighted by Crippen LogP contribution is 2.14. The van der Waals surface area contributed by atoms with Crippen molar-refractivity contribution in [3.05, 3.63) is 0 Å². The molecule has 96 valence electrons. The van der Waals surface area contributed by atoms with Gasteiger partial charge >= 0.3 is 0 Å². The fraction of sp³-hybridized carbons (Fsp3) is 1.00. The van der Waals surface area contributed by atoms with Crippen LogP contribution in [0.4, 0.5) is 0 Å². The van der Waals surface area contributed by atoms with E-state index in [2.05, 4.69) is 0 Å². The highest BCUT2D eigenvalue weighted by molar-refractivity contribution is 7.94. The van der Waals surface area contributed by atoms with Crippen LogP contribution >= 0.6 is 0 Å². The second-order valence-corrected chi connectivity index (χ2v) is 8.17. The van der Waals surface area contributed by atoms with Crippen LogP contribution in [0.1, 0.15) is 13.3 Å². The zero-order chi connectivity index (χ0) is 12.4. The van der Waals surface area contributed by atoms with Crippen molar-refractivity contribution in [2.24, 2.45) is 0 Å². The first kappa shape index (κ1) is 13.9. The highest BCUT2D eigenvalue weighted by Gasteiger charge is 2.32. The van der Waals surface area contributed by atoms with E-state index in [1.165, 1.54) is 7.11 Å². The molecule has 1 saturated heterocycles. The maximum Gasteiger partial charge on any atom is 0.215 e. The van der Waals surface area contributed by atoms with Crippen LogP contribution in [-0.4, -0.2) is 58.3 Å². The number of rotatable bonds is 3. The quantitative estimate of drug-likeness (QED) is 0.686. The number of nitrogens with zero attached hydrogens (tertiary/aromatic N) is 1. The minimum absolute atomic E-state index is 0.0654. The minimum atomic E-state index is -3.46. The number of sulfonamides is 1. The van der Waals surface area contributed by atoms with Gasteiger partial charge in [-0.25, -0.2) is 16.8 Å². The number of ether oxygens (including phenoxy) is 1. The van der Waals surface area contributed by atoms with Gasteiger partial charge < -0.3 is 4.74 Å². The van der Waals surface area contributed by atoms with E-state index in [1.807, 2.05) is 0 Å². The van der Waals surface area contributed by atoms with E-state index < -0.39 is 25.7 Å². The van der Waals surface area contributed by atoms with E-state index in [0.29, 0.717) is 0 Å². The van der Waals surface area contributed by atoms with Gasteiger partial charge in [0, 0.05) is 13.7 Å². The zero-order valence-electron chi connectivity index (χ0n) is 9.42. The van der Waals surface area contributed by atoms with Gasteiger partial charge in [-0.1, -0.05) is 0 Å². The van der Waals surface area contributed by atoms with E-state index in [-0.39, 0.29) is 30.6 Å². The first-order chi connectivity index (χ1) is 7.27. The fourth-order valence-corrected chi connectivity index (χ4v) is 5.25. The molecule has 0 saturated carbocycles. The molecule has 1 aliphatic rings. The average Bonchev–Trinajstić information content (AvgIpc) is 2.23. The monoisotopic (exact) mass is 271 g/mol. The molecule has 0 aromatic rings. The molecule has 8 heteroatoms. The lowest BCUT2D eigenvalue weighted by molar-refractivity contribution is 0.103. The van der Waals surface area contributed by atoms with Crippen LogP contribution < -0.4 is 0 Å². The van der Waals surface area contributed by atoms with Crippen molar-refractivity contribution >= 4 is 19.9 Å². The van der Waals surface area contributed by atoms with E-state index in [1.54, 1.807) is 6.92 Å². The predicted molar refractivity (Wildman–Crippen MR) is 60.2 cm³/mol. The van der Waals surface area contributed by atoms with Crippen LogP contribution in [0.25, 0.3) is 0 Å². The fourth-order valence-electron chi connectivity index (χ4n) is 1.48. The maximum absolute atomic E-state index is 11.7. The number of sulfone groups is 1. The number of methoxy groups -OCH3 is 1. The van der Waals surface area contributed by atoms with Gasteiger partial charge in [0.05, 0.1) is 17.6 Å². The average molecular weight is 271 g/mol. The summed E-state index contributed by atoms with van der Waals surface area (Å²) in [5.74, 6) is -0.601. The highest BCUT2D eigenvalue weighted by atomic mass is 32.2. The van der Waals surface area contributed by atoms with Gasteiger partial charge in [0.15, 0.2) is 9.84 Å². The molecule has 0 bridgehead atoms. The summed E-state index contributed by atoms with van der Waals surface area (Å²) in [4.78, 5) is 0. The van der Waals surface area contributed by atoms with E-state index in [4.69, 9.17) is 4.74 Å². The van der Waals surface area contributed by atoms with Crippen LogP contribution in [0.15, 0.2) is 0 Å². The van der Waals surface area contributed by atoms with Crippen molar-refractivity contribution < 1.29 is 21.6 Å². The maximum atomic E-state index is 11.7. The van der Waals surface area contributed by atoms with E-state index >= 15 is 0 Å². The number of hydrogen-bond acceptors (Lipinski definition) is 5. The van der Waals surface area contributed by atoms with Crippen molar-refractivity contribution in [3.63, 3.8) is 0 Å². The summed E-state index contributed by atoms with van der Waals surface area (Å²) >= 11 is 0. The van der Waals surface area contributed by atoms with Gasteiger partial charge in [0.25, 0.3) is 0 Å². The van der Waals surface area contributed by atoms with Crippen molar-refractivity contribution in [2.75, 3.05) is 31.0 Å². The van der Waals surface area contributed by atoms with Crippen LogP contribution in [0, 0.1) is 0 Å². The largest absolute Gasteiger partial charge is 0.380 e. The van der Waals surface area contributed by atoms with Crippen molar-refractivity contribution in [1.29, 1.82) is 0 Å². The molecule has 0 aromatic carbocycles. The third-order valence-corrected chi connectivity index (χ3v) is 6.10. The zero-order valence-corrected chi connectivity index (χ0v) is 11.1.